The molecule has 2 saturated heterocycles. The number of para-hydroxylation sites is 1. The van der Waals surface area contributed by atoms with Crippen LogP contribution in [0.3, 0.4) is 0 Å². The SMILES string of the molecule is N#Cc1cc(CN2CCS(=O)(=O)CC2)ccc1COc1c(Cl)cccc1-c1csc(N2CCC(C(=O)O)CC2)n1. The lowest BCUT2D eigenvalue weighted by Gasteiger charge is -2.29. The number of aromatic nitrogens is 1. The average Bonchev–Trinajstić information content (AvgIpc) is 3.44. The number of carboxylic acids is 1. The van der Waals surface area contributed by atoms with E-state index in [1.54, 1.807) is 6.07 Å². The summed E-state index contributed by atoms with van der Waals surface area (Å²) in [6.45, 7) is 2.99. The second kappa shape index (κ2) is 12.1. The zero-order valence-electron chi connectivity index (χ0n) is 21.8. The standard InChI is InChI=1S/C28H29ClN4O5S2/c29-24-3-1-2-23(25-18-39-28(31-25)33-8-6-20(7-9-33)27(34)35)26(24)38-17-21-5-4-19(14-22(21)15-30)16-32-10-12-40(36,37)13-11-32/h1-5,14,18,20H,6-13,16-17H2,(H,34,35). The van der Waals surface area contributed by atoms with Crippen LogP contribution in [0.1, 0.15) is 29.5 Å². The second-order valence-corrected chi connectivity index (χ2v) is 13.6. The van der Waals surface area contributed by atoms with E-state index in [2.05, 4.69) is 15.9 Å². The van der Waals surface area contributed by atoms with Crippen LogP contribution in [0.2, 0.25) is 5.02 Å². The van der Waals surface area contributed by atoms with Gasteiger partial charge in [-0.05, 0) is 36.6 Å². The van der Waals surface area contributed by atoms with Crippen molar-refractivity contribution in [3.8, 4) is 23.1 Å². The first-order chi connectivity index (χ1) is 19.2. The van der Waals surface area contributed by atoms with Crippen LogP contribution >= 0.6 is 22.9 Å². The zero-order valence-corrected chi connectivity index (χ0v) is 24.1. The van der Waals surface area contributed by atoms with Crippen molar-refractivity contribution in [2.24, 2.45) is 5.92 Å². The molecule has 3 heterocycles. The smallest absolute Gasteiger partial charge is 0.306 e. The van der Waals surface area contributed by atoms with E-state index in [-0.39, 0.29) is 24.0 Å². The Morgan fingerprint density at radius 3 is 2.62 bits per heavy atom. The van der Waals surface area contributed by atoms with Gasteiger partial charge in [-0.1, -0.05) is 29.8 Å². The number of carbonyl (C=O) groups is 1. The lowest BCUT2D eigenvalue weighted by atomic mass is 9.97. The molecule has 2 aromatic carbocycles. The van der Waals surface area contributed by atoms with Gasteiger partial charge < -0.3 is 14.7 Å². The minimum Gasteiger partial charge on any atom is -0.487 e. The monoisotopic (exact) mass is 600 g/mol. The fourth-order valence-electron chi connectivity index (χ4n) is 4.98. The molecule has 1 aromatic heterocycles. The minimum absolute atomic E-state index is 0.140. The van der Waals surface area contributed by atoms with Crippen molar-refractivity contribution in [1.82, 2.24) is 9.88 Å². The summed E-state index contributed by atoms with van der Waals surface area (Å²) < 4.78 is 29.6. The van der Waals surface area contributed by atoms with E-state index in [0.717, 1.165) is 27.5 Å². The number of ether oxygens (including phenoxy) is 1. The van der Waals surface area contributed by atoms with Crippen molar-refractivity contribution in [2.75, 3.05) is 42.6 Å². The van der Waals surface area contributed by atoms with Crippen molar-refractivity contribution in [2.45, 2.75) is 26.0 Å². The molecule has 3 aromatic rings. The summed E-state index contributed by atoms with van der Waals surface area (Å²) in [6.07, 6.45) is 1.19. The number of nitrogens with zero attached hydrogens (tertiary/aromatic N) is 4. The van der Waals surface area contributed by atoms with Gasteiger partial charge in [0, 0.05) is 49.2 Å². The van der Waals surface area contributed by atoms with Gasteiger partial charge in [0.15, 0.2) is 15.0 Å². The molecular formula is C28H29ClN4O5S2. The number of thiazole rings is 1. The Kier molecular flexibility index (Phi) is 8.61. The topological polar surface area (TPSA) is 124 Å². The van der Waals surface area contributed by atoms with E-state index in [0.29, 0.717) is 61.9 Å². The number of hydrogen-bond donors (Lipinski definition) is 1. The summed E-state index contributed by atoms with van der Waals surface area (Å²) in [5, 5.41) is 22.3. The molecule has 210 valence electrons. The summed E-state index contributed by atoms with van der Waals surface area (Å²) in [7, 11) is -2.94. The van der Waals surface area contributed by atoms with Gasteiger partial charge in [-0.15, -0.1) is 11.3 Å². The summed E-state index contributed by atoms with van der Waals surface area (Å²) in [5.41, 5.74) is 3.62. The number of nitriles is 1. The first kappa shape index (κ1) is 28.4. The molecule has 0 aliphatic carbocycles. The molecule has 9 nitrogen and oxygen atoms in total. The average molecular weight is 601 g/mol. The van der Waals surface area contributed by atoms with Crippen LogP contribution in [0.4, 0.5) is 5.13 Å². The zero-order chi connectivity index (χ0) is 28.3. The quantitative estimate of drug-likeness (QED) is 0.399. The molecule has 1 N–H and O–H groups in total. The maximum atomic E-state index is 11.7. The van der Waals surface area contributed by atoms with E-state index < -0.39 is 15.8 Å². The third-order valence-electron chi connectivity index (χ3n) is 7.36. The van der Waals surface area contributed by atoms with Gasteiger partial charge in [-0.25, -0.2) is 13.4 Å². The molecule has 0 atom stereocenters. The molecule has 2 fully saturated rings. The predicted octanol–water partition coefficient (Wildman–Crippen LogP) is 4.45. The highest BCUT2D eigenvalue weighted by atomic mass is 35.5. The number of rotatable bonds is 8. The maximum Gasteiger partial charge on any atom is 0.306 e. The molecule has 0 bridgehead atoms. The summed E-state index contributed by atoms with van der Waals surface area (Å²) >= 11 is 8.05. The number of carboxylic acid groups (broad SMARTS) is 1. The Balaban J connectivity index is 1.28. The van der Waals surface area contributed by atoms with Crippen molar-refractivity contribution in [3.63, 3.8) is 0 Å². The lowest BCUT2D eigenvalue weighted by molar-refractivity contribution is -0.142. The first-order valence-corrected chi connectivity index (χ1v) is 16.1. The highest BCUT2D eigenvalue weighted by molar-refractivity contribution is 7.91. The Labute approximate surface area is 242 Å². The number of benzene rings is 2. The van der Waals surface area contributed by atoms with Gasteiger partial charge in [0.25, 0.3) is 0 Å². The number of aliphatic carboxylic acids is 1. The lowest BCUT2D eigenvalue weighted by Crippen LogP contribution is -2.39. The highest BCUT2D eigenvalue weighted by Gasteiger charge is 2.26. The number of anilines is 1. The molecule has 40 heavy (non-hydrogen) atoms. The fourth-order valence-corrected chi connectivity index (χ4v) is 7.36. The van der Waals surface area contributed by atoms with Crippen LogP contribution in [-0.2, 0) is 27.8 Å². The van der Waals surface area contributed by atoms with Gasteiger partial charge in [-0.2, -0.15) is 5.26 Å². The van der Waals surface area contributed by atoms with Crippen LogP contribution in [0.15, 0.2) is 41.8 Å². The second-order valence-electron chi connectivity index (χ2n) is 10.1. The third kappa shape index (κ3) is 6.58. The molecule has 0 spiro atoms. The molecule has 0 amide bonds. The van der Waals surface area contributed by atoms with Gasteiger partial charge in [0.2, 0.25) is 0 Å². The minimum atomic E-state index is -2.94. The molecule has 12 heteroatoms. The van der Waals surface area contributed by atoms with Gasteiger partial charge in [0.1, 0.15) is 12.4 Å². The van der Waals surface area contributed by atoms with Crippen LogP contribution in [0.5, 0.6) is 5.75 Å². The predicted molar refractivity (Wildman–Crippen MR) is 155 cm³/mol. The normalized spacial score (nSPS) is 17.9. The molecule has 2 aliphatic rings. The Bertz CT molecular complexity index is 1530. The molecular weight excluding hydrogens is 572 g/mol. The van der Waals surface area contributed by atoms with Gasteiger partial charge in [-0.3, -0.25) is 9.69 Å². The van der Waals surface area contributed by atoms with E-state index >= 15 is 0 Å². The Morgan fingerprint density at radius 1 is 1.18 bits per heavy atom. The van der Waals surface area contributed by atoms with E-state index in [1.807, 2.05) is 35.7 Å². The van der Waals surface area contributed by atoms with Gasteiger partial charge in [0.05, 0.1) is 39.8 Å². The molecule has 0 radical (unpaired) electrons. The number of hydrogen-bond acceptors (Lipinski definition) is 9. The van der Waals surface area contributed by atoms with Crippen LogP contribution in [0.25, 0.3) is 11.3 Å². The summed E-state index contributed by atoms with van der Waals surface area (Å²) in [5.74, 6) is -0.247. The highest BCUT2D eigenvalue weighted by Crippen LogP contribution is 2.39. The third-order valence-corrected chi connectivity index (χ3v) is 10.2. The largest absolute Gasteiger partial charge is 0.487 e. The van der Waals surface area contributed by atoms with E-state index in [9.17, 15) is 23.6 Å². The molecule has 5 rings (SSSR count). The first-order valence-electron chi connectivity index (χ1n) is 13.0. The summed E-state index contributed by atoms with van der Waals surface area (Å²) in [4.78, 5) is 20.3. The molecule has 0 unspecified atom stereocenters. The number of piperidine rings is 1. The maximum absolute atomic E-state index is 11.7. The number of halogens is 1. The fraction of sp³-hybridized carbons (Fsp3) is 0.393. The van der Waals surface area contributed by atoms with Crippen molar-refractivity contribution < 1.29 is 23.1 Å². The van der Waals surface area contributed by atoms with Crippen molar-refractivity contribution >= 4 is 43.9 Å². The number of sulfone groups is 1. The van der Waals surface area contributed by atoms with Crippen molar-refractivity contribution in [3.05, 3.63) is 63.5 Å². The van der Waals surface area contributed by atoms with E-state index in [1.165, 1.54) is 11.3 Å². The summed E-state index contributed by atoms with van der Waals surface area (Å²) in [6, 6.07) is 13.4. The molecule has 0 saturated carbocycles. The van der Waals surface area contributed by atoms with Crippen LogP contribution in [0, 0.1) is 17.2 Å². The van der Waals surface area contributed by atoms with Crippen molar-refractivity contribution in [1.29, 1.82) is 5.26 Å². The Morgan fingerprint density at radius 2 is 1.93 bits per heavy atom. The molecule has 2 aliphatic heterocycles. The van der Waals surface area contributed by atoms with Crippen LogP contribution in [-0.4, -0.2) is 67.1 Å². The van der Waals surface area contributed by atoms with E-state index in [4.69, 9.17) is 21.3 Å². The van der Waals surface area contributed by atoms with Gasteiger partial charge >= 0.3 is 5.97 Å². The Hall–Kier alpha value is -3.17. The van der Waals surface area contributed by atoms with Crippen LogP contribution < -0.4 is 9.64 Å².